The van der Waals surface area contributed by atoms with Crippen molar-refractivity contribution in [2.75, 3.05) is 11.9 Å². The van der Waals surface area contributed by atoms with E-state index in [1.54, 1.807) is 18.3 Å². The lowest BCUT2D eigenvalue weighted by Crippen LogP contribution is -2.31. The Morgan fingerprint density at radius 3 is 3.09 bits per heavy atom. The minimum absolute atomic E-state index is 0.0691. The smallest absolute Gasteiger partial charge is 0.339 e. The van der Waals surface area contributed by atoms with Crippen LogP contribution in [-0.4, -0.2) is 29.8 Å². The van der Waals surface area contributed by atoms with E-state index in [1.165, 1.54) is 0 Å². The molecule has 0 bridgehead atoms. The molecule has 23 heavy (non-hydrogen) atoms. The van der Waals surface area contributed by atoms with Crippen LogP contribution >= 0.6 is 11.3 Å². The lowest BCUT2D eigenvalue weighted by atomic mass is 9.89. The maximum Gasteiger partial charge on any atom is 0.339 e. The van der Waals surface area contributed by atoms with Gasteiger partial charge in [0.2, 0.25) is 0 Å². The van der Waals surface area contributed by atoms with Crippen molar-refractivity contribution in [2.24, 2.45) is 5.73 Å². The first-order chi connectivity index (χ1) is 11.0. The van der Waals surface area contributed by atoms with Crippen molar-refractivity contribution in [1.29, 1.82) is 0 Å². The van der Waals surface area contributed by atoms with E-state index in [2.05, 4.69) is 17.2 Å². The maximum atomic E-state index is 12.3. The number of esters is 1. The zero-order chi connectivity index (χ0) is 16.6. The number of thiophene rings is 1. The van der Waals surface area contributed by atoms with Crippen molar-refractivity contribution in [3.63, 3.8) is 0 Å². The highest BCUT2D eigenvalue weighted by atomic mass is 32.1. The predicted molar refractivity (Wildman–Crippen MR) is 91.0 cm³/mol. The molecular weight excluding hydrogens is 312 g/mol. The van der Waals surface area contributed by atoms with Crippen molar-refractivity contribution in [2.45, 2.75) is 45.3 Å². The number of hydrogen-bond acceptors (Lipinski definition) is 6. The molecule has 0 amide bonds. The van der Waals surface area contributed by atoms with Gasteiger partial charge in [-0.1, -0.05) is 5.92 Å². The normalized spacial score (nSPS) is 22.4. The van der Waals surface area contributed by atoms with E-state index in [1.807, 2.05) is 6.92 Å². The van der Waals surface area contributed by atoms with Gasteiger partial charge < -0.3 is 20.9 Å². The average molecular weight is 332 g/mol. The zero-order valence-electron chi connectivity index (χ0n) is 13.2. The number of aliphatic hydroxyl groups is 1. The van der Waals surface area contributed by atoms with Gasteiger partial charge in [-0.3, -0.25) is 0 Å². The third-order valence-electron chi connectivity index (χ3n) is 4.25. The molecule has 0 aromatic carbocycles. The van der Waals surface area contributed by atoms with Crippen molar-refractivity contribution in [3.8, 4) is 11.8 Å². The summed E-state index contributed by atoms with van der Waals surface area (Å²) in [5.41, 5.74) is 9.37. The van der Waals surface area contributed by atoms with Crippen molar-refractivity contribution in [1.82, 2.24) is 0 Å². The van der Waals surface area contributed by atoms with E-state index >= 15 is 0 Å². The number of carbonyl (C=O) groups excluding carboxylic acids is 1. The highest BCUT2D eigenvalue weighted by Crippen LogP contribution is 2.44. The number of nitrogens with two attached hydrogens (primary N) is 1. The average Bonchev–Trinajstić information content (AvgIpc) is 2.84. The molecule has 0 saturated heterocycles. The van der Waals surface area contributed by atoms with Gasteiger partial charge in [-0.05, 0) is 32.3 Å². The first kappa shape index (κ1) is 15.9. The van der Waals surface area contributed by atoms with Gasteiger partial charge in [0.1, 0.15) is 0 Å². The van der Waals surface area contributed by atoms with Gasteiger partial charge in [0.05, 0.1) is 28.4 Å². The van der Waals surface area contributed by atoms with Gasteiger partial charge in [0.25, 0.3) is 0 Å². The number of hydrogen-bond donors (Lipinski definition) is 3. The fraction of sp³-hybridized carbons (Fsp3) is 0.471. The summed E-state index contributed by atoms with van der Waals surface area (Å²) in [6, 6.07) is -0.213. The molecule has 2 heterocycles. The topological polar surface area (TPSA) is 84.6 Å². The van der Waals surface area contributed by atoms with Gasteiger partial charge >= 0.3 is 5.97 Å². The molecule has 5 nitrogen and oxygen atoms in total. The molecular formula is C17H20N2O3S. The van der Waals surface area contributed by atoms with Crippen LogP contribution in [0.4, 0.5) is 5.00 Å². The van der Waals surface area contributed by atoms with Gasteiger partial charge in [0.15, 0.2) is 6.61 Å². The van der Waals surface area contributed by atoms with Gasteiger partial charge in [0, 0.05) is 16.9 Å². The Kier molecular flexibility index (Phi) is 4.33. The molecule has 122 valence electrons. The first-order valence-corrected chi connectivity index (χ1v) is 8.50. The number of nitrogens with one attached hydrogen (secondary N) is 1. The van der Waals surface area contributed by atoms with Gasteiger partial charge in [-0.25, -0.2) is 4.79 Å². The third kappa shape index (κ3) is 2.82. The number of fused-ring (bicyclic) bond motifs is 3. The summed E-state index contributed by atoms with van der Waals surface area (Å²) in [4.78, 5) is 13.5. The second-order valence-corrected chi connectivity index (χ2v) is 6.91. The van der Waals surface area contributed by atoms with Crippen LogP contribution in [0.25, 0.3) is 5.70 Å². The molecule has 6 heteroatoms. The van der Waals surface area contributed by atoms with Gasteiger partial charge in [-0.2, -0.15) is 0 Å². The zero-order valence-corrected chi connectivity index (χ0v) is 14.0. The van der Waals surface area contributed by atoms with E-state index in [-0.39, 0.29) is 18.8 Å². The minimum Gasteiger partial charge on any atom is -0.449 e. The predicted octanol–water partition coefficient (Wildman–Crippen LogP) is 1.65. The van der Waals surface area contributed by atoms with E-state index in [4.69, 9.17) is 10.5 Å². The largest absolute Gasteiger partial charge is 0.449 e. The molecule has 1 aliphatic heterocycles. The number of anilines is 1. The maximum absolute atomic E-state index is 12.3. The molecule has 2 atom stereocenters. The van der Waals surface area contributed by atoms with Crippen molar-refractivity contribution in [3.05, 3.63) is 21.6 Å². The Bertz CT molecular complexity index is 739. The standard InChI is InChI=1S/C17H20N2O3S/c1-3-4-7-22-17(21)13-9(2)19-16-14(15(13)18)11-6-5-10(20)8-12(11)23-16/h9-10,19-20H,5-8,18H2,1-2H3/t9-,10+/m0/s1. The highest BCUT2D eigenvalue weighted by molar-refractivity contribution is 7.16. The molecule has 4 N–H and O–H groups in total. The summed E-state index contributed by atoms with van der Waals surface area (Å²) in [7, 11) is 0. The molecule has 2 aliphatic rings. The second-order valence-electron chi connectivity index (χ2n) is 5.80. The Morgan fingerprint density at radius 1 is 1.57 bits per heavy atom. The molecule has 0 unspecified atom stereocenters. The summed E-state index contributed by atoms with van der Waals surface area (Å²) >= 11 is 1.62. The van der Waals surface area contributed by atoms with E-state index in [9.17, 15) is 9.90 Å². The fourth-order valence-electron chi connectivity index (χ4n) is 3.13. The molecule has 0 radical (unpaired) electrons. The van der Waals surface area contributed by atoms with Crippen LogP contribution in [0.15, 0.2) is 5.57 Å². The van der Waals surface area contributed by atoms with Crippen LogP contribution < -0.4 is 11.1 Å². The van der Waals surface area contributed by atoms with Crippen LogP contribution in [0.2, 0.25) is 0 Å². The lowest BCUT2D eigenvalue weighted by Gasteiger charge is -2.26. The van der Waals surface area contributed by atoms with Crippen LogP contribution in [0.5, 0.6) is 0 Å². The Labute approximate surface area is 139 Å². The van der Waals surface area contributed by atoms with Crippen LogP contribution in [0.3, 0.4) is 0 Å². The molecule has 1 aromatic heterocycles. The molecule has 0 fully saturated rings. The van der Waals surface area contributed by atoms with E-state index in [0.717, 1.165) is 33.8 Å². The Morgan fingerprint density at radius 2 is 2.35 bits per heavy atom. The fourth-order valence-corrected chi connectivity index (χ4v) is 4.55. The molecule has 1 aliphatic carbocycles. The molecule has 0 saturated carbocycles. The lowest BCUT2D eigenvalue weighted by molar-refractivity contribution is -0.137. The first-order valence-electron chi connectivity index (χ1n) is 7.68. The number of ether oxygens (including phenoxy) is 1. The third-order valence-corrected chi connectivity index (χ3v) is 5.44. The van der Waals surface area contributed by atoms with Gasteiger partial charge in [-0.15, -0.1) is 17.3 Å². The van der Waals surface area contributed by atoms with Crippen LogP contribution in [0, 0.1) is 11.8 Å². The molecule has 3 rings (SSSR count). The number of carbonyl (C=O) groups is 1. The van der Waals surface area contributed by atoms with Crippen LogP contribution in [0.1, 0.15) is 36.3 Å². The SMILES string of the molecule is CC#CCOC(=O)C1=C(N)c2c(sc3c2CC[C@@H](O)C3)N[C@H]1C. The molecule has 1 aromatic rings. The summed E-state index contributed by atoms with van der Waals surface area (Å²) in [6.45, 7) is 3.66. The van der Waals surface area contributed by atoms with Crippen LogP contribution in [-0.2, 0) is 22.4 Å². The molecule has 0 spiro atoms. The number of aliphatic hydroxyl groups excluding tert-OH is 1. The second kappa shape index (κ2) is 6.26. The monoisotopic (exact) mass is 332 g/mol. The Hall–Kier alpha value is -1.97. The summed E-state index contributed by atoms with van der Waals surface area (Å²) in [5, 5.41) is 14.2. The highest BCUT2D eigenvalue weighted by Gasteiger charge is 2.34. The quantitative estimate of drug-likeness (QED) is 0.566. The summed E-state index contributed by atoms with van der Waals surface area (Å²) in [6.07, 6.45) is 1.87. The van der Waals surface area contributed by atoms with E-state index < -0.39 is 5.97 Å². The summed E-state index contributed by atoms with van der Waals surface area (Å²) in [5.74, 6) is 4.98. The van der Waals surface area contributed by atoms with Crippen molar-refractivity contribution >= 4 is 28.0 Å². The Balaban J connectivity index is 1.98. The minimum atomic E-state index is -0.424. The number of rotatable bonds is 2. The van der Waals surface area contributed by atoms with E-state index in [0.29, 0.717) is 17.7 Å². The van der Waals surface area contributed by atoms with Crippen molar-refractivity contribution < 1.29 is 14.6 Å². The summed E-state index contributed by atoms with van der Waals surface area (Å²) < 4.78 is 5.19.